The van der Waals surface area contributed by atoms with E-state index in [1.54, 1.807) is 38.1 Å². The van der Waals surface area contributed by atoms with Gasteiger partial charge in [-0.2, -0.15) is 0 Å². The molecule has 0 saturated carbocycles. The molecule has 24 heavy (non-hydrogen) atoms. The van der Waals surface area contributed by atoms with E-state index in [4.69, 9.17) is 4.42 Å². The monoisotopic (exact) mass is 333 g/mol. The van der Waals surface area contributed by atoms with Gasteiger partial charge in [-0.1, -0.05) is 12.1 Å². The zero-order valence-corrected chi connectivity index (χ0v) is 13.5. The van der Waals surface area contributed by atoms with Crippen LogP contribution < -0.4 is 16.0 Å². The molecule has 0 aliphatic carbocycles. The van der Waals surface area contributed by atoms with Crippen LogP contribution in [0.15, 0.2) is 47.1 Å². The smallest absolute Gasteiger partial charge is 0.315 e. The fourth-order valence-corrected chi connectivity index (χ4v) is 2.08. The second kappa shape index (κ2) is 8.14. The normalized spacial score (nSPS) is 13.0. The van der Waals surface area contributed by atoms with Gasteiger partial charge in [-0.25, -0.2) is 9.18 Å². The Morgan fingerprint density at radius 1 is 1.12 bits per heavy atom. The van der Waals surface area contributed by atoms with Crippen molar-refractivity contribution < 1.29 is 18.4 Å². The van der Waals surface area contributed by atoms with Gasteiger partial charge in [0.15, 0.2) is 0 Å². The highest BCUT2D eigenvalue weighted by molar-refractivity contribution is 5.86. The van der Waals surface area contributed by atoms with Crippen molar-refractivity contribution in [3.63, 3.8) is 0 Å². The molecular formula is C17H20FN3O3. The van der Waals surface area contributed by atoms with Gasteiger partial charge >= 0.3 is 6.03 Å². The minimum Gasteiger partial charge on any atom is -0.467 e. The Balaban J connectivity index is 1.77. The lowest BCUT2D eigenvalue weighted by molar-refractivity contribution is -0.122. The molecule has 0 aliphatic rings. The Bertz CT molecular complexity index is 671. The molecule has 0 spiro atoms. The number of urea groups is 1. The molecule has 0 unspecified atom stereocenters. The number of amides is 3. The topological polar surface area (TPSA) is 83.4 Å². The van der Waals surface area contributed by atoms with Crippen LogP contribution in [0.5, 0.6) is 0 Å². The predicted molar refractivity (Wildman–Crippen MR) is 86.5 cm³/mol. The number of hydrogen-bond donors (Lipinski definition) is 3. The van der Waals surface area contributed by atoms with Crippen molar-refractivity contribution in [2.45, 2.75) is 32.5 Å². The Labute approximate surface area is 139 Å². The third-order valence-corrected chi connectivity index (χ3v) is 3.48. The van der Waals surface area contributed by atoms with Crippen molar-refractivity contribution in [1.29, 1.82) is 0 Å². The van der Waals surface area contributed by atoms with Gasteiger partial charge in [0.2, 0.25) is 5.91 Å². The molecule has 2 atom stereocenters. The first-order valence-corrected chi connectivity index (χ1v) is 7.58. The summed E-state index contributed by atoms with van der Waals surface area (Å²) in [4.78, 5) is 23.9. The number of hydrogen-bond acceptors (Lipinski definition) is 3. The second-order valence-corrected chi connectivity index (χ2v) is 5.41. The van der Waals surface area contributed by atoms with Gasteiger partial charge < -0.3 is 20.4 Å². The van der Waals surface area contributed by atoms with E-state index in [1.165, 1.54) is 18.4 Å². The van der Waals surface area contributed by atoms with Crippen LogP contribution in [0.2, 0.25) is 0 Å². The molecule has 128 valence electrons. The summed E-state index contributed by atoms with van der Waals surface area (Å²) in [6, 6.07) is 7.83. The van der Waals surface area contributed by atoms with E-state index in [0.717, 1.165) is 5.56 Å². The van der Waals surface area contributed by atoms with E-state index in [-0.39, 0.29) is 24.3 Å². The van der Waals surface area contributed by atoms with Crippen LogP contribution in [-0.4, -0.2) is 18.0 Å². The highest BCUT2D eigenvalue weighted by atomic mass is 19.1. The van der Waals surface area contributed by atoms with Gasteiger partial charge in [0.25, 0.3) is 0 Å². The second-order valence-electron chi connectivity index (χ2n) is 5.41. The summed E-state index contributed by atoms with van der Waals surface area (Å²) in [5.74, 6) is -0.0295. The van der Waals surface area contributed by atoms with E-state index in [0.29, 0.717) is 5.76 Å². The Morgan fingerprint density at radius 2 is 1.83 bits per heavy atom. The summed E-state index contributed by atoms with van der Waals surface area (Å²) in [5.41, 5.74) is 0.765. The fourth-order valence-electron chi connectivity index (χ4n) is 2.08. The summed E-state index contributed by atoms with van der Waals surface area (Å²) in [7, 11) is 0. The first-order chi connectivity index (χ1) is 11.5. The highest BCUT2D eigenvalue weighted by Gasteiger charge is 2.17. The van der Waals surface area contributed by atoms with E-state index in [2.05, 4.69) is 16.0 Å². The van der Waals surface area contributed by atoms with Gasteiger partial charge in [-0.05, 0) is 43.7 Å². The predicted octanol–water partition coefficient (Wildman–Crippen LogP) is 2.48. The van der Waals surface area contributed by atoms with Gasteiger partial charge in [0.05, 0.1) is 18.8 Å². The van der Waals surface area contributed by atoms with Crippen molar-refractivity contribution >= 4 is 11.9 Å². The quantitative estimate of drug-likeness (QED) is 0.759. The highest BCUT2D eigenvalue weighted by Crippen LogP contribution is 2.12. The van der Waals surface area contributed by atoms with Crippen LogP contribution in [0, 0.1) is 5.82 Å². The SMILES string of the molecule is C[C@H](NC(=O)N[C@H](C)c1ccc(F)cc1)C(=O)NCc1ccco1. The third kappa shape index (κ3) is 5.12. The molecule has 0 aliphatic heterocycles. The zero-order valence-electron chi connectivity index (χ0n) is 13.5. The zero-order chi connectivity index (χ0) is 17.5. The Hall–Kier alpha value is -2.83. The van der Waals surface area contributed by atoms with Crippen LogP contribution >= 0.6 is 0 Å². The fraction of sp³-hybridized carbons (Fsp3) is 0.294. The maximum Gasteiger partial charge on any atom is 0.315 e. The van der Waals surface area contributed by atoms with Crippen molar-refractivity contribution in [3.05, 3.63) is 59.8 Å². The van der Waals surface area contributed by atoms with Crippen molar-refractivity contribution in [2.24, 2.45) is 0 Å². The number of benzene rings is 1. The van der Waals surface area contributed by atoms with Crippen LogP contribution in [0.25, 0.3) is 0 Å². The third-order valence-electron chi connectivity index (χ3n) is 3.48. The number of rotatable bonds is 6. The van der Waals surface area contributed by atoms with Gasteiger partial charge in [0.1, 0.15) is 17.6 Å². The van der Waals surface area contributed by atoms with Gasteiger partial charge in [-0.3, -0.25) is 4.79 Å². The summed E-state index contributed by atoms with van der Waals surface area (Å²) >= 11 is 0. The minimum absolute atomic E-state index is 0.255. The number of carbonyl (C=O) groups is 2. The standard InChI is InChI=1S/C17H20FN3O3/c1-11(13-5-7-14(18)8-6-13)20-17(23)21-12(2)16(22)19-10-15-4-3-9-24-15/h3-9,11-12H,10H2,1-2H3,(H,19,22)(H2,20,21,23)/t11-,12+/m1/s1. The van der Waals surface area contributed by atoms with E-state index >= 15 is 0 Å². The van der Waals surface area contributed by atoms with Gasteiger partial charge in [-0.15, -0.1) is 0 Å². The Morgan fingerprint density at radius 3 is 2.46 bits per heavy atom. The molecule has 2 aromatic rings. The van der Waals surface area contributed by atoms with Crippen molar-refractivity contribution in [2.75, 3.05) is 0 Å². The van der Waals surface area contributed by atoms with Crippen LogP contribution in [-0.2, 0) is 11.3 Å². The lowest BCUT2D eigenvalue weighted by Gasteiger charge is -2.18. The van der Waals surface area contributed by atoms with Crippen molar-refractivity contribution in [3.8, 4) is 0 Å². The molecule has 6 nitrogen and oxygen atoms in total. The minimum atomic E-state index is -0.708. The number of carbonyl (C=O) groups excluding carboxylic acids is 2. The van der Waals surface area contributed by atoms with E-state index < -0.39 is 12.1 Å². The molecule has 1 aromatic heterocycles. The molecule has 2 rings (SSSR count). The maximum absolute atomic E-state index is 12.9. The maximum atomic E-state index is 12.9. The first kappa shape index (κ1) is 17.5. The van der Waals surface area contributed by atoms with Crippen molar-refractivity contribution in [1.82, 2.24) is 16.0 Å². The van der Waals surface area contributed by atoms with Gasteiger partial charge in [0, 0.05) is 0 Å². The molecule has 0 saturated heterocycles. The average molecular weight is 333 g/mol. The molecular weight excluding hydrogens is 313 g/mol. The first-order valence-electron chi connectivity index (χ1n) is 7.58. The van der Waals surface area contributed by atoms with Crippen LogP contribution in [0.4, 0.5) is 9.18 Å². The van der Waals surface area contributed by atoms with Crippen LogP contribution in [0.3, 0.4) is 0 Å². The number of halogens is 1. The molecule has 1 aromatic carbocycles. The molecule has 3 N–H and O–H groups in total. The lowest BCUT2D eigenvalue weighted by atomic mass is 10.1. The summed E-state index contributed by atoms with van der Waals surface area (Å²) in [6.45, 7) is 3.61. The molecule has 0 bridgehead atoms. The molecule has 0 fully saturated rings. The molecule has 3 amide bonds. The van der Waals surface area contributed by atoms with Crippen LogP contribution in [0.1, 0.15) is 31.2 Å². The molecule has 7 heteroatoms. The average Bonchev–Trinajstić information content (AvgIpc) is 3.06. The molecule has 1 heterocycles. The van der Waals surface area contributed by atoms with E-state index in [9.17, 15) is 14.0 Å². The molecule has 0 radical (unpaired) electrons. The largest absolute Gasteiger partial charge is 0.467 e. The number of furan rings is 1. The Kier molecular flexibility index (Phi) is 5.95. The van der Waals surface area contributed by atoms with E-state index in [1.807, 2.05) is 0 Å². The lowest BCUT2D eigenvalue weighted by Crippen LogP contribution is -2.48. The summed E-state index contributed by atoms with van der Waals surface area (Å²) < 4.78 is 18.0. The summed E-state index contributed by atoms with van der Waals surface area (Å²) in [6.07, 6.45) is 1.52. The summed E-state index contributed by atoms with van der Waals surface area (Å²) in [5, 5.41) is 7.92. The number of nitrogens with one attached hydrogen (secondary N) is 3.